The molecule has 1 fully saturated rings. The predicted molar refractivity (Wildman–Crippen MR) is 84.7 cm³/mol. The smallest absolute Gasteiger partial charge is 0.162 e. The van der Waals surface area contributed by atoms with Gasteiger partial charge in [-0.15, -0.1) is 0 Å². The molecule has 0 radical (unpaired) electrons. The van der Waals surface area contributed by atoms with Crippen molar-refractivity contribution in [3.05, 3.63) is 29.3 Å². The molecule has 0 bridgehead atoms. The van der Waals surface area contributed by atoms with Crippen LogP contribution >= 0.6 is 0 Å². The van der Waals surface area contributed by atoms with Gasteiger partial charge in [-0.2, -0.15) is 0 Å². The van der Waals surface area contributed by atoms with Crippen LogP contribution in [0.2, 0.25) is 0 Å². The molecule has 2 rings (SSSR count). The Bertz CT molecular complexity index is 492. The van der Waals surface area contributed by atoms with Gasteiger partial charge in [0, 0.05) is 56.3 Å². The lowest BCUT2D eigenvalue weighted by molar-refractivity contribution is 0.0985. The molecule has 1 heterocycles. The number of hydrogen-bond donors (Lipinski definition) is 1. The zero-order valence-corrected chi connectivity index (χ0v) is 13.3. The van der Waals surface area contributed by atoms with Crippen molar-refractivity contribution in [3.63, 3.8) is 0 Å². The molecule has 1 saturated heterocycles. The highest BCUT2D eigenvalue weighted by Gasteiger charge is 2.20. The van der Waals surface area contributed by atoms with E-state index in [2.05, 4.69) is 23.6 Å². The monoisotopic (exact) mass is 290 g/mol. The summed E-state index contributed by atoms with van der Waals surface area (Å²) in [6.45, 7) is 11.1. The van der Waals surface area contributed by atoms with Crippen LogP contribution in [0, 0.1) is 0 Å². The third kappa shape index (κ3) is 4.05. The van der Waals surface area contributed by atoms with Gasteiger partial charge in [-0.25, -0.2) is 0 Å². The molecule has 0 atom stereocenters. The lowest BCUT2D eigenvalue weighted by atomic mass is 10.0. The molecular formula is C17H26N2O2. The van der Waals surface area contributed by atoms with Crippen LogP contribution in [0.5, 0.6) is 5.75 Å². The lowest BCUT2D eigenvalue weighted by Gasteiger charge is -2.37. The number of phenolic OH excluding ortho intramolecular Hbond substituents is 1. The molecule has 0 saturated carbocycles. The minimum atomic E-state index is 0.126. The van der Waals surface area contributed by atoms with Gasteiger partial charge in [0.2, 0.25) is 0 Å². The van der Waals surface area contributed by atoms with E-state index in [1.54, 1.807) is 12.1 Å². The average molecular weight is 290 g/mol. The molecule has 1 N–H and O–H groups in total. The van der Waals surface area contributed by atoms with Gasteiger partial charge in [-0.05, 0) is 32.0 Å². The fraction of sp³-hybridized carbons (Fsp3) is 0.588. The van der Waals surface area contributed by atoms with Crippen molar-refractivity contribution in [1.82, 2.24) is 9.80 Å². The second kappa shape index (κ2) is 7.05. The fourth-order valence-corrected chi connectivity index (χ4v) is 2.77. The molecule has 1 aromatic rings. The highest BCUT2D eigenvalue weighted by atomic mass is 16.3. The van der Waals surface area contributed by atoms with E-state index < -0.39 is 0 Å². The van der Waals surface area contributed by atoms with E-state index in [0.29, 0.717) is 24.6 Å². The van der Waals surface area contributed by atoms with Crippen LogP contribution in [0.4, 0.5) is 0 Å². The minimum Gasteiger partial charge on any atom is -0.508 e. The molecule has 0 aliphatic carbocycles. The minimum absolute atomic E-state index is 0.126. The molecular weight excluding hydrogens is 264 g/mol. The van der Waals surface area contributed by atoms with Crippen molar-refractivity contribution in [2.45, 2.75) is 39.8 Å². The first kappa shape index (κ1) is 16.0. The third-order valence-corrected chi connectivity index (χ3v) is 4.25. The number of rotatable bonds is 5. The predicted octanol–water partition coefficient (Wildman–Crippen LogP) is 2.51. The summed E-state index contributed by atoms with van der Waals surface area (Å²) >= 11 is 0. The number of piperazine rings is 1. The van der Waals surface area contributed by atoms with Crippen LogP contribution in [0.15, 0.2) is 18.2 Å². The van der Waals surface area contributed by atoms with Crippen molar-refractivity contribution < 1.29 is 9.90 Å². The van der Waals surface area contributed by atoms with Gasteiger partial charge in [-0.1, -0.05) is 6.92 Å². The summed E-state index contributed by atoms with van der Waals surface area (Å²) in [7, 11) is 0. The van der Waals surface area contributed by atoms with E-state index in [0.717, 1.165) is 31.7 Å². The van der Waals surface area contributed by atoms with E-state index in [1.165, 1.54) is 0 Å². The summed E-state index contributed by atoms with van der Waals surface area (Å²) in [4.78, 5) is 16.6. The molecule has 0 aromatic heterocycles. The maximum Gasteiger partial charge on any atom is 0.162 e. The second-order valence-electron chi connectivity index (χ2n) is 6.03. The number of carbonyl (C=O) groups excluding carboxylic acids is 1. The Morgan fingerprint density at radius 3 is 2.48 bits per heavy atom. The molecule has 1 aromatic carbocycles. The molecule has 1 aliphatic heterocycles. The summed E-state index contributed by atoms with van der Waals surface area (Å²) in [5, 5.41) is 10.0. The standard InChI is InChI=1S/C17H26N2O2/c1-4-16(20)14-5-6-17(21)15(11-14)12-18-7-9-19(10-8-18)13(2)3/h5-6,11,13,21H,4,7-10,12H2,1-3H3. The molecule has 0 spiro atoms. The van der Waals surface area contributed by atoms with Crippen molar-refractivity contribution in [1.29, 1.82) is 0 Å². The van der Waals surface area contributed by atoms with Crippen molar-refractivity contribution in [3.8, 4) is 5.75 Å². The lowest BCUT2D eigenvalue weighted by Crippen LogP contribution is -2.48. The normalized spacial score (nSPS) is 17.3. The Labute approximate surface area is 127 Å². The number of carbonyl (C=O) groups is 1. The molecule has 0 amide bonds. The number of aromatic hydroxyl groups is 1. The van der Waals surface area contributed by atoms with Crippen molar-refractivity contribution in [2.75, 3.05) is 26.2 Å². The number of hydrogen-bond acceptors (Lipinski definition) is 4. The van der Waals surface area contributed by atoms with Crippen LogP contribution in [-0.4, -0.2) is 52.9 Å². The highest BCUT2D eigenvalue weighted by molar-refractivity contribution is 5.96. The molecule has 4 heteroatoms. The van der Waals surface area contributed by atoms with Crippen molar-refractivity contribution in [2.24, 2.45) is 0 Å². The summed E-state index contributed by atoms with van der Waals surface area (Å²) in [5.41, 5.74) is 1.55. The van der Waals surface area contributed by atoms with Gasteiger partial charge < -0.3 is 5.11 Å². The Hall–Kier alpha value is -1.39. The quantitative estimate of drug-likeness (QED) is 0.846. The average Bonchev–Trinajstić information content (AvgIpc) is 2.49. The molecule has 116 valence electrons. The summed E-state index contributed by atoms with van der Waals surface area (Å²) in [6, 6.07) is 5.78. The first-order chi connectivity index (χ1) is 10.0. The second-order valence-corrected chi connectivity index (χ2v) is 6.03. The van der Waals surface area contributed by atoms with Gasteiger partial charge in [-0.3, -0.25) is 14.6 Å². The van der Waals surface area contributed by atoms with Gasteiger partial charge in [0.1, 0.15) is 5.75 Å². The Balaban J connectivity index is 2.01. The Morgan fingerprint density at radius 2 is 1.90 bits per heavy atom. The van der Waals surface area contributed by atoms with E-state index in [-0.39, 0.29) is 11.5 Å². The zero-order chi connectivity index (χ0) is 15.4. The van der Waals surface area contributed by atoms with Crippen LogP contribution in [0.1, 0.15) is 43.1 Å². The van der Waals surface area contributed by atoms with E-state index in [1.807, 2.05) is 13.0 Å². The Morgan fingerprint density at radius 1 is 1.24 bits per heavy atom. The number of nitrogens with zero attached hydrogens (tertiary/aromatic N) is 2. The van der Waals surface area contributed by atoms with E-state index in [9.17, 15) is 9.90 Å². The molecule has 1 aliphatic rings. The van der Waals surface area contributed by atoms with Crippen LogP contribution in [-0.2, 0) is 6.54 Å². The molecule has 4 nitrogen and oxygen atoms in total. The largest absolute Gasteiger partial charge is 0.508 e. The highest BCUT2D eigenvalue weighted by Crippen LogP contribution is 2.22. The van der Waals surface area contributed by atoms with E-state index in [4.69, 9.17) is 0 Å². The van der Waals surface area contributed by atoms with Crippen LogP contribution in [0.3, 0.4) is 0 Å². The maximum absolute atomic E-state index is 11.8. The topological polar surface area (TPSA) is 43.8 Å². The number of phenols is 1. The van der Waals surface area contributed by atoms with Gasteiger partial charge in [0.05, 0.1) is 0 Å². The Kier molecular flexibility index (Phi) is 5.37. The number of ketones is 1. The van der Waals surface area contributed by atoms with Crippen molar-refractivity contribution >= 4 is 5.78 Å². The van der Waals surface area contributed by atoms with Crippen LogP contribution in [0.25, 0.3) is 0 Å². The fourth-order valence-electron chi connectivity index (χ4n) is 2.77. The third-order valence-electron chi connectivity index (χ3n) is 4.25. The van der Waals surface area contributed by atoms with Gasteiger partial charge in [0.25, 0.3) is 0 Å². The first-order valence-corrected chi connectivity index (χ1v) is 7.82. The van der Waals surface area contributed by atoms with Gasteiger partial charge in [0.15, 0.2) is 5.78 Å². The molecule has 21 heavy (non-hydrogen) atoms. The maximum atomic E-state index is 11.8. The van der Waals surface area contributed by atoms with Gasteiger partial charge >= 0.3 is 0 Å². The first-order valence-electron chi connectivity index (χ1n) is 7.82. The summed E-state index contributed by atoms with van der Waals surface area (Å²) in [6.07, 6.45) is 0.497. The summed E-state index contributed by atoms with van der Waals surface area (Å²) in [5.74, 6) is 0.412. The zero-order valence-electron chi connectivity index (χ0n) is 13.3. The SMILES string of the molecule is CCC(=O)c1ccc(O)c(CN2CCN(C(C)C)CC2)c1. The van der Waals surface area contributed by atoms with Crippen LogP contribution < -0.4 is 0 Å². The summed E-state index contributed by atoms with van der Waals surface area (Å²) < 4.78 is 0. The number of Topliss-reactive ketones (excluding diaryl/α,β-unsaturated/α-hetero) is 1. The number of benzene rings is 1. The molecule has 0 unspecified atom stereocenters. The van der Waals surface area contributed by atoms with E-state index >= 15 is 0 Å².